The summed E-state index contributed by atoms with van der Waals surface area (Å²) in [6.07, 6.45) is 5.41. The van der Waals surface area contributed by atoms with E-state index in [2.05, 4.69) is 26.1 Å². The van der Waals surface area contributed by atoms with Gasteiger partial charge in [0.15, 0.2) is 0 Å². The number of halogens is 2. The second-order valence-electron chi connectivity index (χ2n) is 7.22. The highest BCUT2D eigenvalue weighted by atomic mass is 19.1. The molecular formula is C24H32F2N2O. The van der Waals surface area contributed by atoms with Crippen LogP contribution in [-0.2, 0) is 0 Å². The molecular weight excluding hydrogens is 370 g/mol. The Kier molecular flexibility index (Phi) is 9.26. The lowest BCUT2D eigenvalue weighted by molar-refractivity contribution is 0.0984. The van der Waals surface area contributed by atoms with E-state index >= 15 is 0 Å². The SMILES string of the molecule is C1CC1.CCC1CN(C(=O)c2ccc(F)cc2F)c2ccccc21.CCNCC. The maximum atomic E-state index is 13.8. The topological polar surface area (TPSA) is 32.3 Å². The van der Waals surface area contributed by atoms with E-state index < -0.39 is 17.5 Å². The van der Waals surface area contributed by atoms with E-state index in [1.165, 1.54) is 25.3 Å². The van der Waals surface area contributed by atoms with Gasteiger partial charge in [-0.3, -0.25) is 4.79 Å². The van der Waals surface area contributed by atoms with Gasteiger partial charge in [-0.25, -0.2) is 8.78 Å². The van der Waals surface area contributed by atoms with E-state index in [1.807, 2.05) is 24.3 Å². The summed E-state index contributed by atoms with van der Waals surface area (Å²) in [5.74, 6) is -1.67. The molecule has 1 unspecified atom stereocenters. The Hall–Kier alpha value is -2.27. The molecule has 1 atom stereocenters. The van der Waals surface area contributed by atoms with Crippen LogP contribution in [-0.4, -0.2) is 25.5 Å². The van der Waals surface area contributed by atoms with Crippen LogP contribution in [0, 0.1) is 11.6 Å². The van der Waals surface area contributed by atoms with E-state index in [9.17, 15) is 13.6 Å². The van der Waals surface area contributed by atoms with Crippen molar-refractivity contribution >= 4 is 11.6 Å². The lowest BCUT2D eigenvalue weighted by atomic mass is 9.99. The van der Waals surface area contributed by atoms with Crippen molar-refractivity contribution in [3.05, 3.63) is 65.2 Å². The lowest BCUT2D eigenvalue weighted by Crippen LogP contribution is -2.30. The molecule has 1 N–H and O–H groups in total. The number of hydrogen-bond acceptors (Lipinski definition) is 2. The van der Waals surface area contributed by atoms with Crippen LogP contribution in [0.3, 0.4) is 0 Å². The van der Waals surface area contributed by atoms with Gasteiger partial charge >= 0.3 is 0 Å². The van der Waals surface area contributed by atoms with Crippen LogP contribution < -0.4 is 10.2 Å². The number of rotatable bonds is 4. The van der Waals surface area contributed by atoms with Gasteiger partial charge in [-0.15, -0.1) is 0 Å². The number of nitrogens with zero attached hydrogens (tertiary/aromatic N) is 1. The molecule has 29 heavy (non-hydrogen) atoms. The summed E-state index contributed by atoms with van der Waals surface area (Å²) in [5, 5.41) is 3.11. The predicted molar refractivity (Wildman–Crippen MR) is 116 cm³/mol. The van der Waals surface area contributed by atoms with E-state index in [4.69, 9.17) is 0 Å². The van der Waals surface area contributed by atoms with Gasteiger partial charge in [0.25, 0.3) is 5.91 Å². The molecule has 1 aliphatic carbocycles. The molecule has 0 saturated heterocycles. The fraction of sp³-hybridized carbons (Fsp3) is 0.458. The van der Waals surface area contributed by atoms with E-state index in [1.54, 1.807) is 4.90 Å². The van der Waals surface area contributed by atoms with Gasteiger partial charge in [-0.05, 0) is 43.3 Å². The Balaban J connectivity index is 0.000000316. The Morgan fingerprint density at radius 3 is 2.21 bits per heavy atom. The number of para-hydroxylation sites is 1. The molecule has 1 saturated carbocycles. The van der Waals surface area contributed by atoms with Crippen LogP contribution in [0.25, 0.3) is 0 Å². The quantitative estimate of drug-likeness (QED) is 0.690. The van der Waals surface area contributed by atoms with Gasteiger partial charge in [0.05, 0.1) is 5.56 Å². The third-order valence-electron chi connectivity index (χ3n) is 4.82. The summed E-state index contributed by atoms with van der Waals surface area (Å²) in [4.78, 5) is 14.1. The predicted octanol–water partition coefficient (Wildman–Crippen LogP) is 5.90. The number of anilines is 1. The zero-order valence-electron chi connectivity index (χ0n) is 17.7. The van der Waals surface area contributed by atoms with Gasteiger partial charge in [-0.1, -0.05) is 58.2 Å². The summed E-state index contributed by atoms with van der Waals surface area (Å²) in [6, 6.07) is 10.7. The van der Waals surface area contributed by atoms with Crippen LogP contribution in [0.15, 0.2) is 42.5 Å². The van der Waals surface area contributed by atoms with Gasteiger partial charge in [0, 0.05) is 24.2 Å². The number of fused-ring (bicyclic) bond motifs is 1. The minimum Gasteiger partial charge on any atom is -0.317 e. The maximum Gasteiger partial charge on any atom is 0.261 e. The van der Waals surface area contributed by atoms with Crippen LogP contribution in [0.1, 0.15) is 68.3 Å². The van der Waals surface area contributed by atoms with Crippen molar-refractivity contribution in [2.75, 3.05) is 24.5 Å². The number of nitrogens with one attached hydrogen (secondary N) is 1. The standard InChI is InChI=1S/C17H15F2NO.C4H11N.C3H6/c1-2-11-10-20(16-6-4-3-5-13(11)16)17(21)14-8-7-12(18)9-15(14)19;1-3-5-4-2;1-2-3-1/h3-9,11H,2,10H2,1H3;5H,3-4H2,1-2H3;1-3H2. The fourth-order valence-electron chi connectivity index (χ4n) is 3.10. The lowest BCUT2D eigenvalue weighted by Gasteiger charge is -2.18. The normalized spacial score (nSPS) is 16.2. The minimum atomic E-state index is -0.822. The van der Waals surface area contributed by atoms with Gasteiger partial charge in [0.1, 0.15) is 11.6 Å². The summed E-state index contributed by atoms with van der Waals surface area (Å²) in [6.45, 7) is 8.99. The second kappa shape index (κ2) is 11.7. The Labute approximate surface area is 173 Å². The maximum absolute atomic E-state index is 13.8. The molecule has 2 aromatic carbocycles. The monoisotopic (exact) mass is 402 g/mol. The molecule has 158 valence electrons. The van der Waals surface area contributed by atoms with Crippen LogP contribution in [0.2, 0.25) is 0 Å². The summed E-state index contributed by atoms with van der Waals surface area (Å²) in [7, 11) is 0. The number of hydrogen-bond donors (Lipinski definition) is 1. The third-order valence-corrected chi connectivity index (χ3v) is 4.82. The minimum absolute atomic E-state index is 0.0945. The highest BCUT2D eigenvalue weighted by Crippen LogP contribution is 2.38. The number of benzene rings is 2. The highest BCUT2D eigenvalue weighted by molar-refractivity contribution is 6.07. The zero-order chi connectivity index (χ0) is 21.2. The summed E-state index contributed by atoms with van der Waals surface area (Å²) >= 11 is 0. The molecule has 2 aromatic rings. The van der Waals surface area contributed by atoms with Crippen molar-refractivity contribution in [1.29, 1.82) is 0 Å². The average Bonchev–Trinajstić information content (AvgIpc) is 3.56. The molecule has 0 aromatic heterocycles. The van der Waals surface area contributed by atoms with Crippen LogP contribution in [0.5, 0.6) is 0 Å². The molecule has 1 fully saturated rings. The van der Waals surface area contributed by atoms with Crippen molar-refractivity contribution in [3.8, 4) is 0 Å². The second-order valence-corrected chi connectivity index (χ2v) is 7.22. The smallest absolute Gasteiger partial charge is 0.261 e. The first kappa shape index (κ1) is 23.0. The first-order valence-electron chi connectivity index (χ1n) is 10.6. The third kappa shape index (κ3) is 6.64. The molecule has 3 nitrogen and oxygen atoms in total. The van der Waals surface area contributed by atoms with Gasteiger partial charge in [-0.2, -0.15) is 0 Å². The fourth-order valence-corrected chi connectivity index (χ4v) is 3.10. The van der Waals surface area contributed by atoms with Crippen molar-refractivity contribution in [2.24, 2.45) is 0 Å². The van der Waals surface area contributed by atoms with Gasteiger partial charge in [0.2, 0.25) is 0 Å². The molecule has 1 aliphatic heterocycles. The largest absolute Gasteiger partial charge is 0.317 e. The molecule has 2 aliphatic rings. The van der Waals surface area contributed by atoms with Crippen molar-refractivity contribution in [2.45, 2.75) is 52.4 Å². The number of carbonyl (C=O) groups is 1. The zero-order valence-corrected chi connectivity index (χ0v) is 17.7. The first-order chi connectivity index (χ1) is 14.0. The molecule has 1 amide bonds. The molecule has 0 bridgehead atoms. The Morgan fingerprint density at radius 2 is 1.69 bits per heavy atom. The average molecular weight is 403 g/mol. The van der Waals surface area contributed by atoms with E-state index in [0.717, 1.165) is 42.9 Å². The van der Waals surface area contributed by atoms with E-state index in [-0.39, 0.29) is 11.5 Å². The van der Waals surface area contributed by atoms with E-state index in [0.29, 0.717) is 6.54 Å². The summed E-state index contributed by atoms with van der Waals surface area (Å²) < 4.78 is 26.8. The molecule has 0 radical (unpaired) electrons. The van der Waals surface area contributed by atoms with Crippen molar-refractivity contribution < 1.29 is 13.6 Å². The number of carbonyl (C=O) groups excluding carboxylic acids is 1. The molecule has 0 spiro atoms. The van der Waals surface area contributed by atoms with Crippen molar-refractivity contribution in [3.63, 3.8) is 0 Å². The molecule has 1 heterocycles. The van der Waals surface area contributed by atoms with Crippen LogP contribution in [0.4, 0.5) is 14.5 Å². The Bertz CT molecular complexity index is 787. The Morgan fingerprint density at radius 1 is 1.03 bits per heavy atom. The van der Waals surface area contributed by atoms with Crippen LogP contribution >= 0.6 is 0 Å². The number of amides is 1. The molecule has 5 heteroatoms. The first-order valence-corrected chi connectivity index (χ1v) is 10.6. The highest BCUT2D eigenvalue weighted by Gasteiger charge is 2.32. The molecule has 4 rings (SSSR count). The van der Waals surface area contributed by atoms with Crippen molar-refractivity contribution in [1.82, 2.24) is 5.32 Å². The summed E-state index contributed by atoms with van der Waals surface area (Å²) in [5.41, 5.74) is 1.83. The van der Waals surface area contributed by atoms with Gasteiger partial charge < -0.3 is 10.2 Å².